The molecule has 2 amide bonds. The first-order valence-electron chi connectivity index (χ1n) is 11.0. The molecule has 1 N–H and O–H groups in total. The maximum absolute atomic E-state index is 13.5. The number of sulfonamides is 1. The van der Waals surface area contributed by atoms with Gasteiger partial charge in [-0.05, 0) is 61.7 Å². The van der Waals surface area contributed by atoms with Crippen molar-refractivity contribution in [2.45, 2.75) is 52.2 Å². The molecule has 0 saturated heterocycles. The number of anilines is 1. The molecule has 7 nitrogen and oxygen atoms in total. The fourth-order valence-electron chi connectivity index (χ4n) is 3.37. The summed E-state index contributed by atoms with van der Waals surface area (Å²) in [6, 6.07) is 11.3. The lowest BCUT2D eigenvalue weighted by atomic mass is 10.1. The third-order valence-corrected chi connectivity index (χ3v) is 7.12. The molecule has 2 atom stereocenters. The van der Waals surface area contributed by atoms with Gasteiger partial charge < -0.3 is 10.2 Å². The highest BCUT2D eigenvalue weighted by molar-refractivity contribution is 9.10. The van der Waals surface area contributed by atoms with Gasteiger partial charge in [0.25, 0.3) is 0 Å². The average molecular weight is 556 g/mol. The molecule has 0 heterocycles. The third-order valence-electron chi connectivity index (χ3n) is 5.45. The molecule has 0 aliphatic rings. The summed E-state index contributed by atoms with van der Waals surface area (Å²) in [5.74, 6) is -1.27. The summed E-state index contributed by atoms with van der Waals surface area (Å²) >= 11 is 3.32. The molecule has 0 aliphatic carbocycles. The van der Waals surface area contributed by atoms with Gasteiger partial charge in [-0.15, -0.1) is 0 Å². The van der Waals surface area contributed by atoms with Gasteiger partial charge in [-0.25, -0.2) is 12.8 Å². The Bertz CT molecular complexity index is 1080. The maximum Gasteiger partial charge on any atom is 0.244 e. The van der Waals surface area contributed by atoms with Crippen LogP contribution in [0.3, 0.4) is 0 Å². The molecule has 2 aromatic carbocycles. The van der Waals surface area contributed by atoms with Crippen LogP contribution in [0.2, 0.25) is 0 Å². The summed E-state index contributed by atoms with van der Waals surface area (Å²) in [5, 5.41) is 2.90. The maximum atomic E-state index is 13.5. The summed E-state index contributed by atoms with van der Waals surface area (Å²) < 4.78 is 40.3. The second-order valence-electron chi connectivity index (χ2n) is 8.14. The number of benzene rings is 2. The lowest BCUT2D eigenvalue weighted by Gasteiger charge is -2.33. The van der Waals surface area contributed by atoms with Gasteiger partial charge in [-0.3, -0.25) is 13.9 Å². The highest BCUT2D eigenvalue weighted by atomic mass is 79.9. The number of carbonyl (C=O) groups excluding carboxylic acids is 2. The molecular formula is C24H31BrFN3O4S. The van der Waals surface area contributed by atoms with Gasteiger partial charge >= 0.3 is 0 Å². The van der Waals surface area contributed by atoms with Crippen molar-refractivity contribution in [3.8, 4) is 0 Å². The molecular weight excluding hydrogens is 525 g/mol. The van der Waals surface area contributed by atoms with Crippen LogP contribution in [0.1, 0.15) is 39.2 Å². The van der Waals surface area contributed by atoms with E-state index in [2.05, 4.69) is 21.2 Å². The van der Waals surface area contributed by atoms with E-state index in [0.717, 1.165) is 21.5 Å². The normalized spacial score (nSPS) is 13.1. The van der Waals surface area contributed by atoms with Crippen LogP contribution in [0, 0.1) is 5.82 Å². The zero-order chi connectivity index (χ0) is 25.5. The molecule has 0 saturated carbocycles. The van der Waals surface area contributed by atoms with Crippen molar-refractivity contribution < 1.29 is 22.4 Å². The van der Waals surface area contributed by atoms with Gasteiger partial charge in [-0.1, -0.05) is 41.9 Å². The van der Waals surface area contributed by atoms with Crippen molar-refractivity contribution in [3.63, 3.8) is 0 Å². The topological polar surface area (TPSA) is 86.8 Å². The molecule has 0 bridgehead atoms. The Hall–Kier alpha value is -2.46. The van der Waals surface area contributed by atoms with Crippen LogP contribution in [-0.2, 0) is 26.2 Å². The molecule has 2 aromatic rings. The van der Waals surface area contributed by atoms with E-state index < -0.39 is 34.3 Å². The fraction of sp³-hybridized carbons (Fsp3) is 0.417. The van der Waals surface area contributed by atoms with Crippen molar-refractivity contribution in [1.29, 1.82) is 0 Å². The Kier molecular flexibility index (Phi) is 10.1. The standard InChI is InChI=1S/C24H31BrFN3O4S/c1-5-17(3)27-24(31)22(6-2)28(15-18-7-11-20(26)12-8-18)23(30)16-29(34(4,32)33)21-13-9-19(25)10-14-21/h7-14,17,22H,5-6,15-16H2,1-4H3,(H,27,31). The van der Waals surface area contributed by atoms with E-state index in [9.17, 15) is 22.4 Å². The van der Waals surface area contributed by atoms with Gasteiger partial charge in [0.15, 0.2) is 0 Å². The molecule has 0 fully saturated rings. The number of nitrogens with zero attached hydrogens (tertiary/aromatic N) is 2. The first kappa shape index (κ1) is 27.8. The Morgan fingerprint density at radius 1 is 1.03 bits per heavy atom. The van der Waals surface area contributed by atoms with Crippen LogP contribution < -0.4 is 9.62 Å². The smallest absolute Gasteiger partial charge is 0.244 e. The summed E-state index contributed by atoms with van der Waals surface area (Å²) in [6.45, 7) is 5.15. The first-order chi connectivity index (χ1) is 16.0. The van der Waals surface area contributed by atoms with Crippen molar-refractivity contribution in [2.75, 3.05) is 17.1 Å². The van der Waals surface area contributed by atoms with E-state index in [1.54, 1.807) is 31.2 Å². The Morgan fingerprint density at radius 2 is 1.62 bits per heavy atom. The van der Waals surface area contributed by atoms with Gasteiger partial charge in [0.2, 0.25) is 21.8 Å². The van der Waals surface area contributed by atoms with Crippen LogP contribution in [-0.4, -0.2) is 50.0 Å². The molecule has 0 radical (unpaired) electrons. The zero-order valence-electron chi connectivity index (χ0n) is 19.8. The molecule has 34 heavy (non-hydrogen) atoms. The summed E-state index contributed by atoms with van der Waals surface area (Å²) in [5.41, 5.74) is 0.956. The SMILES string of the molecule is CCC(C)NC(=O)C(CC)N(Cc1ccc(F)cc1)C(=O)CN(c1ccc(Br)cc1)S(C)(=O)=O. The minimum Gasteiger partial charge on any atom is -0.352 e. The van der Waals surface area contributed by atoms with Gasteiger partial charge in [-0.2, -0.15) is 0 Å². The predicted molar refractivity (Wildman–Crippen MR) is 135 cm³/mol. The molecule has 2 rings (SSSR count). The number of halogens is 2. The van der Waals surface area contributed by atoms with E-state index in [4.69, 9.17) is 0 Å². The Labute approximate surface area is 209 Å². The second-order valence-corrected chi connectivity index (χ2v) is 11.0. The number of nitrogens with one attached hydrogen (secondary N) is 1. The molecule has 186 valence electrons. The van der Waals surface area contributed by atoms with E-state index in [1.165, 1.54) is 29.2 Å². The van der Waals surface area contributed by atoms with Crippen LogP contribution in [0.25, 0.3) is 0 Å². The van der Waals surface area contributed by atoms with Crippen molar-refractivity contribution >= 4 is 43.5 Å². The first-order valence-corrected chi connectivity index (χ1v) is 13.7. The number of hydrogen-bond acceptors (Lipinski definition) is 4. The summed E-state index contributed by atoms with van der Waals surface area (Å²) in [7, 11) is -3.79. The third kappa shape index (κ3) is 7.80. The fourth-order valence-corrected chi connectivity index (χ4v) is 4.48. The summed E-state index contributed by atoms with van der Waals surface area (Å²) in [6.07, 6.45) is 2.07. The average Bonchev–Trinajstić information content (AvgIpc) is 2.78. The van der Waals surface area contributed by atoms with Crippen molar-refractivity contribution in [3.05, 3.63) is 64.4 Å². The molecule has 0 aliphatic heterocycles. The minimum atomic E-state index is -3.79. The predicted octanol–water partition coefficient (Wildman–Crippen LogP) is 4.08. The van der Waals surface area contributed by atoms with E-state index in [0.29, 0.717) is 17.7 Å². The van der Waals surface area contributed by atoms with Crippen molar-refractivity contribution in [2.24, 2.45) is 0 Å². The van der Waals surface area contributed by atoms with Crippen LogP contribution >= 0.6 is 15.9 Å². The number of hydrogen-bond donors (Lipinski definition) is 1. The van der Waals surface area contributed by atoms with E-state index in [-0.39, 0.29) is 18.5 Å². The lowest BCUT2D eigenvalue weighted by molar-refractivity contribution is -0.140. The minimum absolute atomic E-state index is 0.0312. The van der Waals surface area contributed by atoms with Crippen LogP contribution in [0.4, 0.5) is 10.1 Å². The largest absolute Gasteiger partial charge is 0.352 e. The Balaban J connectivity index is 2.41. The molecule has 2 unspecified atom stereocenters. The monoisotopic (exact) mass is 555 g/mol. The summed E-state index contributed by atoms with van der Waals surface area (Å²) in [4.78, 5) is 27.9. The molecule has 10 heteroatoms. The van der Waals surface area contributed by atoms with E-state index in [1.807, 2.05) is 13.8 Å². The Morgan fingerprint density at radius 3 is 2.12 bits per heavy atom. The quantitative estimate of drug-likeness (QED) is 0.452. The van der Waals surface area contributed by atoms with Crippen LogP contribution in [0.5, 0.6) is 0 Å². The molecule has 0 aromatic heterocycles. The van der Waals surface area contributed by atoms with Gasteiger partial charge in [0.1, 0.15) is 18.4 Å². The highest BCUT2D eigenvalue weighted by Gasteiger charge is 2.32. The number of carbonyl (C=O) groups is 2. The zero-order valence-corrected chi connectivity index (χ0v) is 22.2. The second kappa shape index (κ2) is 12.3. The number of rotatable bonds is 11. The van der Waals surface area contributed by atoms with E-state index >= 15 is 0 Å². The van der Waals surface area contributed by atoms with Crippen LogP contribution in [0.15, 0.2) is 53.0 Å². The van der Waals surface area contributed by atoms with Gasteiger partial charge in [0.05, 0.1) is 11.9 Å². The molecule has 0 spiro atoms. The van der Waals surface area contributed by atoms with Gasteiger partial charge in [0, 0.05) is 17.1 Å². The number of amides is 2. The van der Waals surface area contributed by atoms with Crippen molar-refractivity contribution in [1.82, 2.24) is 10.2 Å². The lowest BCUT2D eigenvalue weighted by Crippen LogP contribution is -2.53. The highest BCUT2D eigenvalue weighted by Crippen LogP contribution is 2.22.